The van der Waals surface area contributed by atoms with Crippen LogP contribution in [0.15, 0.2) is 59.8 Å². The number of aromatic nitrogens is 5. The lowest BCUT2D eigenvalue weighted by Crippen LogP contribution is -2.08. The largest absolute Gasteiger partial charge is 0.415 e. The SMILES string of the molecule is C=C(c1ccc(-c2cnc(C)c(-c3nnc(-c4ccnc(N)c4)o3)n2)cc1)N(C)C. The second-order valence-corrected chi connectivity index (χ2v) is 6.99. The third-order valence-corrected chi connectivity index (χ3v) is 4.66. The van der Waals surface area contributed by atoms with Gasteiger partial charge in [0.05, 0.1) is 17.6 Å². The van der Waals surface area contributed by atoms with Crippen molar-refractivity contribution in [3.05, 3.63) is 66.6 Å². The highest BCUT2D eigenvalue weighted by atomic mass is 16.4. The molecule has 2 N–H and O–H groups in total. The fraction of sp³-hybridized carbons (Fsp3) is 0.136. The summed E-state index contributed by atoms with van der Waals surface area (Å²) >= 11 is 0. The summed E-state index contributed by atoms with van der Waals surface area (Å²) < 4.78 is 5.83. The van der Waals surface area contributed by atoms with Crippen molar-refractivity contribution in [1.29, 1.82) is 0 Å². The minimum absolute atomic E-state index is 0.296. The van der Waals surface area contributed by atoms with Crippen LogP contribution in [0.5, 0.6) is 0 Å². The third kappa shape index (κ3) is 3.75. The second kappa shape index (κ2) is 7.75. The molecular formula is C22H21N7O. The van der Waals surface area contributed by atoms with E-state index in [4.69, 9.17) is 15.1 Å². The number of aryl methyl sites for hydroxylation is 1. The monoisotopic (exact) mass is 399 g/mol. The number of anilines is 1. The minimum Gasteiger partial charge on any atom is -0.415 e. The number of nitrogen functional groups attached to an aromatic ring is 1. The summed E-state index contributed by atoms with van der Waals surface area (Å²) in [5.41, 5.74) is 11.3. The van der Waals surface area contributed by atoms with Crippen LogP contribution in [0.25, 0.3) is 40.0 Å². The van der Waals surface area contributed by atoms with Crippen molar-refractivity contribution in [3.63, 3.8) is 0 Å². The first kappa shape index (κ1) is 19.3. The smallest absolute Gasteiger partial charge is 0.268 e. The van der Waals surface area contributed by atoms with Crippen molar-refractivity contribution in [2.75, 3.05) is 19.8 Å². The number of pyridine rings is 1. The van der Waals surface area contributed by atoms with E-state index in [0.29, 0.717) is 40.2 Å². The summed E-state index contributed by atoms with van der Waals surface area (Å²) in [6.45, 7) is 5.94. The van der Waals surface area contributed by atoms with Gasteiger partial charge in [0.2, 0.25) is 5.89 Å². The molecule has 0 saturated heterocycles. The van der Waals surface area contributed by atoms with Gasteiger partial charge in [-0.25, -0.2) is 9.97 Å². The second-order valence-electron chi connectivity index (χ2n) is 6.99. The van der Waals surface area contributed by atoms with Crippen LogP contribution in [0, 0.1) is 6.92 Å². The van der Waals surface area contributed by atoms with Gasteiger partial charge in [-0.05, 0) is 24.6 Å². The Bertz CT molecular complexity index is 1210. The van der Waals surface area contributed by atoms with E-state index in [1.54, 1.807) is 24.5 Å². The molecule has 30 heavy (non-hydrogen) atoms. The first-order valence-electron chi connectivity index (χ1n) is 9.29. The Morgan fingerprint density at radius 2 is 1.73 bits per heavy atom. The lowest BCUT2D eigenvalue weighted by Gasteiger charge is -2.16. The van der Waals surface area contributed by atoms with Crippen molar-refractivity contribution >= 4 is 11.5 Å². The molecule has 8 nitrogen and oxygen atoms in total. The summed E-state index contributed by atoms with van der Waals surface area (Å²) in [4.78, 5) is 15.1. The standard InChI is InChI=1S/C22H21N7O/c1-13-20(22-28-27-21(30-22)17-9-10-24-19(23)11-17)26-18(12-25-13)16-7-5-15(6-8-16)14(2)29(3)4/h5-12H,2H2,1,3-4H3,(H2,23,24). The average molecular weight is 399 g/mol. The molecule has 4 aromatic rings. The molecule has 1 aromatic carbocycles. The number of nitrogens with two attached hydrogens (primary N) is 1. The van der Waals surface area contributed by atoms with Gasteiger partial charge in [0.15, 0.2) is 0 Å². The molecular weight excluding hydrogens is 378 g/mol. The highest BCUT2D eigenvalue weighted by molar-refractivity contribution is 5.68. The van der Waals surface area contributed by atoms with Crippen molar-refractivity contribution in [2.45, 2.75) is 6.92 Å². The molecule has 0 unspecified atom stereocenters. The Morgan fingerprint density at radius 3 is 2.43 bits per heavy atom. The number of hydrogen-bond donors (Lipinski definition) is 1. The van der Waals surface area contributed by atoms with Gasteiger partial charge < -0.3 is 15.1 Å². The van der Waals surface area contributed by atoms with Crippen LogP contribution in [0.1, 0.15) is 11.3 Å². The molecule has 0 saturated carbocycles. The zero-order chi connectivity index (χ0) is 21.3. The Kier molecular flexibility index (Phi) is 4.97. The van der Waals surface area contributed by atoms with Crippen molar-refractivity contribution in [1.82, 2.24) is 30.0 Å². The maximum atomic E-state index is 5.83. The van der Waals surface area contributed by atoms with Gasteiger partial charge in [0.1, 0.15) is 11.5 Å². The van der Waals surface area contributed by atoms with Gasteiger partial charge >= 0.3 is 0 Å². The van der Waals surface area contributed by atoms with E-state index in [0.717, 1.165) is 16.8 Å². The van der Waals surface area contributed by atoms with Crippen LogP contribution in [0.3, 0.4) is 0 Å². The first-order chi connectivity index (χ1) is 14.4. The van der Waals surface area contributed by atoms with Gasteiger partial charge in [-0.1, -0.05) is 30.8 Å². The molecule has 3 aromatic heterocycles. The van der Waals surface area contributed by atoms with E-state index in [2.05, 4.69) is 26.7 Å². The summed E-state index contributed by atoms with van der Waals surface area (Å²) in [5.74, 6) is 1.02. The van der Waals surface area contributed by atoms with Crippen LogP contribution in [0.2, 0.25) is 0 Å². The normalized spacial score (nSPS) is 10.8. The quantitative estimate of drug-likeness (QED) is 0.542. The molecule has 0 bridgehead atoms. The first-order valence-corrected chi connectivity index (χ1v) is 9.29. The summed E-state index contributed by atoms with van der Waals surface area (Å²) in [6, 6.07) is 11.4. The molecule has 4 rings (SSSR count). The molecule has 0 aliphatic heterocycles. The molecule has 0 aliphatic rings. The van der Waals surface area contributed by atoms with Gasteiger partial charge in [-0.15, -0.1) is 10.2 Å². The predicted octanol–water partition coefficient (Wildman–Crippen LogP) is 3.68. The Labute approximate surface area is 174 Å². The minimum atomic E-state index is 0.296. The molecule has 0 radical (unpaired) electrons. The fourth-order valence-corrected chi connectivity index (χ4v) is 2.90. The zero-order valence-electron chi connectivity index (χ0n) is 17.0. The van der Waals surface area contributed by atoms with E-state index in [-0.39, 0.29) is 0 Å². The van der Waals surface area contributed by atoms with Gasteiger partial charge in [-0.3, -0.25) is 4.98 Å². The molecule has 0 spiro atoms. The van der Waals surface area contributed by atoms with E-state index in [1.165, 1.54) is 0 Å². The maximum Gasteiger partial charge on any atom is 0.268 e. The lowest BCUT2D eigenvalue weighted by molar-refractivity contribution is 0.581. The van der Waals surface area contributed by atoms with Crippen molar-refractivity contribution in [3.8, 4) is 34.3 Å². The van der Waals surface area contributed by atoms with Crippen LogP contribution in [0.4, 0.5) is 5.82 Å². The van der Waals surface area contributed by atoms with Crippen molar-refractivity contribution in [2.24, 2.45) is 0 Å². The predicted molar refractivity (Wildman–Crippen MR) is 116 cm³/mol. The Hall–Kier alpha value is -4.07. The van der Waals surface area contributed by atoms with E-state index < -0.39 is 0 Å². The number of benzene rings is 1. The zero-order valence-corrected chi connectivity index (χ0v) is 17.0. The highest BCUT2D eigenvalue weighted by Crippen LogP contribution is 2.27. The van der Waals surface area contributed by atoms with E-state index in [1.807, 2.05) is 50.2 Å². The topological polar surface area (TPSA) is 107 Å². The summed E-state index contributed by atoms with van der Waals surface area (Å²) in [5, 5.41) is 8.26. The molecule has 0 atom stereocenters. The molecule has 0 fully saturated rings. The van der Waals surface area contributed by atoms with Gasteiger partial charge in [-0.2, -0.15) is 0 Å². The van der Waals surface area contributed by atoms with E-state index >= 15 is 0 Å². The molecule has 0 aliphatic carbocycles. The maximum absolute atomic E-state index is 5.83. The van der Waals surface area contributed by atoms with Crippen LogP contribution in [-0.4, -0.2) is 44.1 Å². The van der Waals surface area contributed by atoms with Crippen LogP contribution < -0.4 is 5.73 Å². The van der Waals surface area contributed by atoms with Crippen LogP contribution >= 0.6 is 0 Å². The van der Waals surface area contributed by atoms with Crippen LogP contribution in [-0.2, 0) is 0 Å². The Morgan fingerprint density at radius 1 is 1.00 bits per heavy atom. The molecule has 150 valence electrons. The fourth-order valence-electron chi connectivity index (χ4n) is 2.90. The summed E-state index contributed by atoms with van der Waals surface area (Å²) in [6.07, 6.45) is 3.32. The molecule has 3 heterocycles. The molecule has 8 heteroatoms. The van der Waals surface area contributed by atoms with Gasteiger partial charge in [0, 0.05) is 37.1 Å². The summed E-state index contributed by atoms with van der Waals surface area (Å²) in [7, 11) is 3.93. The van der Waals surface area contributed by atoms with Gasteiger partial charge in [0.25, 0.3) is 5.89 Å². The highest BCUT2D eigenvalue weighted by Gasteiger charge is 2.16. The third-order valence-electron chi connectivity index (χ3n) is 4.66. The lowest BCUT2D eigenvalue weighted by atomic mass is 10.1. The van der Waals surface area contributed by atoms with E-state index in [9.17, 15) is 0 Å². The molecule has 0 amide bonds. The van der Waals surface area contributed by atoms with Crippen molar-refractivity contribution < 1.29 is 4.42 Å². The Balaban J connectivity index is 1.67. The number of nitrogens with zero attached hydrogens (tertiary/aromatic N) is 6. The number of rotatable bonds is 5. The average Bonchev–Trinajstić information content (AvgIpc) is 3.24. The number of hydrogen-bond acceptors (Lipinski definition) is 8.